The lowest BCUT2D eigenvalue weighted by atomic mass is 10.1. The fourth-order valence-corrected chi connectivity index (χ4v) is 3.08. The van der Waals surface area contributed by atoms with Crippen LogP contribution < -0.4 is 15.0 Å². The molecule has 1 aromatic carbocycles. The average molecular weight is 464 g/mol. The predicted molar refractivity (Wildman–Crippen MR) is 113 cm³/mol. The van der Waals surface area contributed by atoms with Gasteiger partial charge in [-0.3, -0.25) is 9.78 Å². The summed E-state index contributed by atoms with van der Waals surface area (Å²) in [5.74, 6) is -1.13. The minimum absolute atomic E-state index is 0.132. The Hall–Kier alpha value is -3.73. The number of halogens is 4. The smallest absolute Gasteiger partial charge is 0.406 e. The van der Waals surface area contributed by atoms with Crippen LogP contribution in [0, 0.1) is 5.82 Å². The van der Waals surface area contributed by atoms with E-state index in [1.807, 2.05) is 6.92 Å². The number of carbonyl (C=O) groups is 1. The molecule has 0 saturated heterocycles. The van der Waals surface area contributed by atoms with Crippen molar-refractivity contribution < 1.29 is 32.2 Å². The number of alkyl halides is 3. The van der Waals surface area contributed by atoms with Crippen molar-refractivity contribution in [3.05, 3.63) is 66.4 Å². The zero-order chi connectivity index (χ0) is 24.0. The zero-order valence-electron chi connectivity index (χ0n) is 17.4. The maximum atomic E-state index is 13.8. The minimum Gasteiger partial charge on any atom is -0.406 e. The second kappa shape index (κ2) is 10.3. The van der Waals surface area contributed by atoms with Crippen molar-refractivity contribution in [2.45, 2.75) is 13.3 Å². The topological polar surface area (TPSA) is 87.6 Å². The van der Waals surface area contributed by atoms with E-state index in [4.69, 9.17) is 0 Å². The molecule has 0 spiro atoms. The molecule has 0 aliphatic heterocycles. The Kier molecular flexibility index (Phi) is 7.44. The van der Waals surface area contributed by atoms with Gasteiger partial charge in [0.15, 0.2) is 0 Å². The molecule has 2 heterocycles. The van der Waals surface area contributed by atoms with Crippen molar-refractivity contribution in [3.63, 3.8) is 0 Å². The van der Waals surface area contributed by atoms with E-state index in [2.05, 4.69) is 20.0 Å². The number of benzene rings is 1. The van der Waals surface area contributed by atoms with Crippen LogP contribution in [0.15, 0.2) is 55.0 Å². The molecule has 0 bridgehead atoms. The molecule has 2 aromatic heterocycles. The van der Waals surface area contributed by atoms with Gasteiger partial charge in [-0.2, -0.15) is 0 Å². The molecule has 0 radical (unpaired) electrons. The summed E-state index contributed by atoms with van der Waals surface area (Å²) in [6.07, 6.45) is -1.02. The molecule has 174 valence electrons. The molecule has 0 fully saturated rings. The molecule has 2 N–H and O–H groups in total. The second-order valence-electron chi connectivity index (χ2n) is 6.82. The number of aliphatic hydroxyl groups excluding tert-OH is 1. The number of carbonyl (C=O) groups excluding carboxylic acids is 1. The first kappa shape index (κ1) is 23.9. The standard InChI is InChI=1S/C22H20F4N4O3/c1-2-30(7-8-31)20-19(14-9-16(23)13-27-11-14)10-15(12-28-20)21(32)29-17-3-5-18(6-4-17)33-22(24,25)26/h3-6,9-13,31H,2,7-8H2,1H3,(H,29,32). The lowest BCUT2D eigenvalue weighted by molar-refractivity contribution is -0.274. The van der Waals surface area contributed by atoms with E-state index in [9.17, 15) is 27.5 Å². The van der Waals surface area contributed by atoms with Crippen LogP contribution in [-0.2, 0) is 0 Å². The molecule has 0 unspecified atom stereocenters. The maximum Gasteiger partial charge on any atom is 0.573 e. The Bertz CT molecular complexity index is 1110. The van der Waals surface area contributed by atoms with Gasteiger partial charge in [-0.05, 0) is 43.3 Å². The molecule has 11 heteroatoms. The highest BCUT2D eigenvalue weighted by Gasteiger charge is 2.31. The number of nitrogens with one attached hydrogen (secondary N) is 1. The fourth-order valence-electron chi connectivity index (χ4n) is 3.08. The van der Waals surface area contributed by atoms with Gasteiger partial charge < -0.3 is 20.1 Å². The summed E-state index contributed by atoms with van der Waals surface area (Å²) in [5.41, 5.74) is 1.19. The van der Waals surface area contributed by atoms with Gasteiger partial charge in [0.2, 0.25) is 0 Å². The second-order valence-corrected chi connectivity index (χ2v) is 6.82. The summed E-state index contributed by atoms with van der Waals surface area (Å²) >= 11 is 0. The molecule has 0 atom stereocenters. The van der Waals surface area contributed by atoms with Crippen molar-refractivity contribution in [1.29, 1.82) is 0 Å². The molecule has 33 heavy (non-hydrogen) atoms. The SMILES string of the molecule is CCN(CCO)c1ncc(C(=O)Nc2ccc(OC(F)(F)F)cc2)cc1-c1cncc(F)c1. The first-order valence-corrected chi connectivity index (χ1v) is 9.84. The van der Waals surface area contributed by atoms with Crippen LogP contribution in [0.2, 0.25) is 0 Å². The number of hydrogen-bond acceptors (Lipinski definition) is 6. The zero-order valence-corrected chi connectivity index (χ0v) is 17.4. The number of pyridine rings is 2. The number of aliphatic hydroxyl groups is 1. The summed E-state index contributed by atoms with van der Waals surface area (Å²) in [6, 6.07) is 7.43. The van der Waals surface area contributed by atoms with Gasteiger partial charge in [0.1, 0.15) is 17.4 Å². The number of amides is 1. The number of anilines is 2. The van der Waals surface area contributed by atoms with Crippen molar-refractivity contribution in [2.75, 3.05) is 29.9 Å². The number of rotatable bonds is 8. The van der Waals surface area contributed by atoms with Crippen molar-refractivity contribution in [3.8, 4) is 16.9 Å². The third-order valence-electron chi connectivity index (χ3n) is 4.54. The number of nitrogens with zero attached hydrogens (tertiary/aromatic N) is 3. The van der Waals surface area contributed by atoms with Crippen LogP contribution in [0.4, 0.5) is 29.1 Å². The summed E-state index contributed by atoms with van der Waals surface area (Å²) in [7, 11) is 0. The highest BCUT2D eigenvalue weighted by molar-refractivity contribution is 6.05. The van der Waals surface area contributed by atoms with Crippen LogP contribution in [0.5, 0.6) is 5.75 Å². The van der Waals surface area contributed by atoms with Gasteiger partial charge in [-0.1, -0.05) is 0 Å². The molecular formula is C22H20F4N4O3. The fraction of sp³-hybridized carbons (Fsp3) is 0.227. The molecular weight excluding hydrogens is 444 g/mol. The Balaban J connectivity index is 1.90. The molecule has 0 saturated carbocycles. The summed E-state index contributed by atoms with van der Waals surface area (Å²) in [4.78, 5) is 22.7. The Morgan fingerprint density at radius 3 is 2.48 bits per heavy atom. The van der Waals surface area contributed by atoms with Gasteiger partial charge >= 0.3 is 6.36 Å². The molecule has 3 aromatic rings. The third-order valence-corrected chi connectivity index (χ3v) is 4.54. The van der Waals surface area contributed by atoms with E-state index in [1.54, 1.807) is 4.90 Å². The minimum atomic E-state index is -4.82. The Labute approximate surface area is 186 Å². The van der Waals surface area contributed by atoms with Gasteiger partial charge in [-0.25, -0.2) is 9.37 Å². The van der Waals surface area contributed by atoms with Crippen molar-refractivity contribution >= 4 is 17.4 Å². The van der Waals surface area contributed by atoms with E-state index in [0.717, 1.165) is 18.3 Å². The van der Waals surface area contributed by atoms with Crippen LogP contribution >= 0.6 is 0 Å². The van der Waals surface area contributed by atoms with E-state index >= 15 is 0 Å². The highest BCUT2D eigenvalue weighted by atomic mass is 19.4. The number of ether oxygens (including phenoxy) is 1. The molecule has 7 nitrogen and oxygen atoms in total. The lowest BCUT2D eigenvalue weighted by Crippen LogP contribution is -2.28. The summed E-state index contributed by atoms with van der Waals surface area (Å²) in [5, 5.41) is 11.9. The predicted octanol–water partition coefficient (Wildman–Crippen LogP) is 4.25. The third kappa shape index (κ3) is 6.39. The monoisotopic (exact) mass is 464 g/mol. The molecule has 1 amide bonds. The normalized spacial score (nSPS) is 11.2. The molecule has 0 aliphatic rings. The van der Waals surface area contributed by atoms with Gasteiger partial charge in [0.05, 0.1) is 18.4 Å². The molecule has 3 rings (SSSR count). The largest absolute Gasteiger partial charge is 0.573 e. The van der Waals surface area contributed by atoms with Crippen LogP contribution in [-0.4, -0.2) is 47.0 Å². The number of hydrogen-bond donors (Lipinski definition) is 2. The van der Waals surface area contributed by atoms with E-state index < -0.39 is 23.8 Å². The highest BCUT2D eigenvalue weighted by Crippen LogP contribution is 2.30. The van der Waals surface area contributed by atoms with E-state index in [0.29, 0.717) is 23.5 Å². The maximum absolute atomic E-state index is 13.8. The van der Waals surface area contributed by atoms with Crippen molar-refractivity contribution in [2.24, 2.45) is 0 Å². The average Bonchev–Trinajstić information content (AvgIpc) is 2.77. The van der Waals surface area contributed by atoms with E-state index in [1.165, 1.54) is 36.7 Å². The number of likely N-dealkylation sites (N-methyl/N-ethyl adjacent to an activating group) is 1. The summed E-state index contributed by atoms with van der Waals surface area (Å²) < 4.78 is 54.5. The number of aromatic nitrogens is 2. The first-order chi connectivity index (χ1) is 15.7. The quantitative estimate of drug-likeness (QED) is 0.485. The van der Waals surface area contributed by atoms with E-state index in [-0.39, 0.29) is 24.4 Å². The molecule has 0 aliphatic carbocycles. The first-order valence-electron chi connectivity index (χ1n) is 9.84. The lowest BCUT2D eigenvalue weighted by Gasteiger charge is -2.24. The Morgan fingerprint density at radius 2 is 1.88 bits per heavy atom. The van der Waals surface area contributed by atoms with Gasteiger partial charge in [0.25, 0.3) is 5.91 Å². The Morgan fingerprint density at radius 1 is 1.15 bits per heavy atom. The van der Waals surface area contributed by atoms with Gasteiger partial charge in [-0.15, -0.1) is 13.2 Å². The van der Waals surface area contributed by atoms with Crippen LogP contribution in [0.1, 0.15) is 17.3 Å². The van der Waals surface area contributed by atoms with Crippen LogP contribution in [0.3, 0.4) is 0 Å². The van der Waals surface area contributed by atoms with Crippen molar-refractivity contribution in [1.82, 2.24) is 9.97 Å². The van der Waals surface area contributed by atoms with Crippen LogP contribution in [0.25, 0.3) is 11.1 Å². The summed E-state index contributed by atoms with van der Waals surface area (Å²) in [6.45, 7) is 2.50. The van der Waals surface area contributed by atoms with Gasteiger partial charge in [0, 0.05) is 42.3 Å².